The van der Waals surface area contributed by atoms with E-state index in [4.69, 9.17) is 136 Å². The number of hydrogen-bond acceptors (Lipinski definition) is 15. The third kappa shape index (κ3) is 13.6. The SMILES string of the molecule is CCOc1c(C(C)c2nc(Cl)c3c(N)nccn23)cc(Cl)c(C)c1-c1ccc(Cl)nc1.CCOc1c([C@@H](C)c2nc(Cl)c3c(N)nccn23)cc(Cl)c(C)c1-c1ccc(Cl)nc1.CCOc1c([C@H](C)c2nc(Cl)c3c(N)nccn23)cc(Cl)c(C)c1-c1ccc(Cl)nc1. The number of hydrogen-bond donors (Lipinski definition) is 3. The molecular formula is C66H60Cl9N15O3. The van der Waals surface area contributed by atoms with Crippen molar-refractivity contribution in [3.63, 3.8) is 0 Å². The molecule has 0 aliphatic carbocycles. The molecule has 1 unspecified atom stereocenters. The van der Waals surface area contributed by atoms with E-state index >= 15 is 0 Å². The van der Waals surface area contributed by atoms with Crippen molar-refractivity contribution in [1.29, 1.82) is 0 Å². The van der Waals surface area contributed by atoms with Gasteiger partial charge in [-0.2, -0.15) is 0 Å². The van der Waals surface area contributed by atoms with Crippen molar-refractivity contribution in [2.75, 3.05) is 37.0 Å². The second-order valence-electron chi connectivity index (χ2n) is 21.3. The Bertz CT molecular complexity index is 4290. The lowest BCUT2D eigenvalue weighted by Gasteiger charge is -2.22. The van der Waals surface area contributed by atoms with E-state index in [2.05, 4.69) is 44.9 Å². The number of imidazole rings is 3. The van der Waals surface area contributed by atoms with Crippen molar-refractivity contribution < 1.29 is 14.2 Å². The lowest BCUT2D eigenvalue weighted by molar-refractivity contribution is 0.336. The van der Waals surface area contributed by atoms with E-state index in [1.807, 2.05) is 112 Å². The number of nitrogens with two attached hydrogens (primary N) is 3. The number of nitrogen functional groups attached to an aromatic ring is 3. The second kappa shape index (κ2) is 28.9. The zero-order chi connectivity index (χ0) is 66.9. The van der Waals surface area contributed by atoms with Gasteiger partial charge in [0.15, 0.2) is 32.9 Å². The topological polar surface area (TPSA) is 235 Å². The van der Waals surface area contributed by atoms with Crippen LogP contribution in [0.1, 0.15) is 110 Å². The molecule has 93 heavy (non-hydrogen) atoms. The Morgan fingerprint density at radius 1 is 0.398 bits per heavy atom. The summed E-state index contributed by atoms with van der Waals surface area (Å²) in [7, 11) is 0. The fourth-order valence-corrected chi connectivity index (χ4v) is 13.0. The van der Waals surface area contributed by atoms with Gasteiger partial charge in [-0.25, -0.2) is 44.9 Å². The maximum Gasteiger partial charge on any atom is 0.158 e. The third-order valence-corrected chi connectivity index (χ3v) is 18.3. The number of aromatic nitrogens is 12. The number of nitrogens with zero attached hydrogens (tertiary/aromatic N) is 12. The van der Waals surface area contributed by atoms with Crippen molar-refractivity contribution in [1.82, 2.24) is 58.1 Å². The van der Waals surface area contributed by atoms with Gasteiger partial charge in [-0.1, -0.05) is 125 Å². The smallest absolute Gasteiger partial charge is 0.158 e. The first-order valence-electron chi connectivity index (χ1n) is 29.1. The molecule has 27 heteroatoms. The number of benzene rings is 3. The van der Waals surface area contributed by atoms with Gasteiger partial charge in [-0.15, -0.1) is 0 Å². The molecule has 9 aromatic heterocycles. The molecule has 3 aromatic carbocycles. The van der Waals surface area contributed by atoms with Gasteiger partial charge in [-0.05, 0) is 113 Å². The van der Waals surface area contributed by atoms with E-state index in [1.165, 1.54) is 0 Å². The van der Waals surface area contributed by atoms with E-state index < -0.39 is 0 Å². The van der Waals surface area contributed by atoms with Crippen molar-refractivity contribution in [2.45, 2.75) is 80.1 Å². The molecule has 0 saturated carbocycles. The molecule has 3 atom stereocenters. The van der Waals surface area contributed by atoms with E-state index in [9.17, 15) is 0 Å². The number of ether oxygens (including phenoxy) is 3. The second-order valence-corrected chi connectivity index (χ2v) is 24.7. The van der Waals surface area contributed by atoms with Gasteiger partial charge < -0.3 is 31.4 Å². The summed E-state index contributed by atoms with van der Waals surface area (Å²) in [6.07, 6.45) is 15.4. The maximum atomic E-state index is 6.67. The molecular weight excluding hydrogens is 1370 g/mol. The van der Waals surface area contributed by atoms with E-state index in [1.54, 1.807) is 74.0 Å². The first kappa shape index (κ1) is 68.2. The minimum atomic E-state index is -0.208. The summed E-state index contributed by atoms with van der Waals surface area (Å²) in [5.41, 5.74) is 30.3. The molecule has 0 radical (unpaired) electrons. The molecule has 0 aliphatic heterocycles. The molecule has 6 N–H and O–H groups in total. The Hall–Kier alpha value is -7.62. The number of halogens is 9. The number of pyridine rings is 3. The van der Waals surface area contributed by atoms with Crippen LogP contribution in [0.4, 0.5) is 17.5 Å². The van der Waals surface area contributed by atoms with Gasteiger partial charge >= 0.3 is 0 Å². The van der Waals surface area contributed by atoms with Gasteiger partial charge in [0.2, 0.25) is 0 Å². The van der Waals surface area contributed by atoms with Crippen LogP contribution >= 0.6 is 104 Å². The van der Waals surface area contributed by atoms with Crippen LogP contribution in [-0.4, -0.2) is 77.9 Å². The minimum Gasteiger partial charge on any atom is -0.493 e. The molecule has 0 spiro atoms. The summed E-state index contributed by atoms with van der Waals surface area (Å²) in [6, 6.07) is 16.7. The number of fused-ring (bicyclic) bond motifs is 3. The summed E-state index contributed by atoms with van der Waals surface area (Å²) in [4.78, 5) is 38.7. The van der Waals surface area contributed by atoms with Gasteiger partial charge in [0, 0.05) is 139 Å². The van der Waals surface area contributed by atoms with Crippen molar-refractivity contribution >= 4 is 138 Å². The molecule has 0 aliphatic rings. The Morgan fingerprint density at radius 2 is 0.656 bits per heavy atom. The molecule has 12 rings (SSSR count). The highest BCUT2D eigenvalue weighted by Crippen LogP contribution is 2.48. The molecule has 18 nitrogen and oxygen atoms in total. The maximum absolute atomic E-state index is 6.67. The van der Waals surface area contributed by atoms with Crippen LogP contribution in [0.3, 0.4) is 0 Å². The quantitative estimate of drug-likeness (QED) is 0.0810. The summed E-state index contributed by atoms with van der Waals surface area (Å²) in [6.45, 7) is 19.2. The van der Waals surface area contributed by atoms with E-state index in [0.29, 0.717) is 117 Å². The number of rotatable bonds is 15. The van der Waals surface area contributed by atoms with Crippen molar-refractivity contribution in [3.8, 4) is 50.6 Å². The van der Waals surface area contributed by atoms with E-state index in [0.717, 1.165) is 84.0 Å². The fraction of sp³-hybridized carbons (Fsp3) is 0.227. The van der Waals surface area contributed by atoms with Crippen LogP contribution in [0.15, 0.2) is 110 Å². The van der Waals surface area contributed by atoms with Gasteiger partial charge in [-0.3, -0.25) is 13.2 Å². The average molecular weight is 1430 g/mol. The van der Waals surface area contributed by atoms with Crippen LogP contribution in [0.25, 0.3) is 49.9 Å². The Morgan fingerprint density at radius 3 is 0.882 bits per heavy atom. The number of anilines is 3. The van der Waals surface area contributed by atoms with Crippen LogP contribution in [-0.2, 0) is 0 Å². The predicted octanol–water partition coefficient (Wildman–Crippen LogP) is 18.6. The monoisotopic (exact) mass is 1430 g/mol. The summed E-state index contributed by atoms with van der Waals surface area (Å²) < 4.78 is 24.0. The molecule has 0 bridgehead atoms. The molecule has 0 saturated heterocycles. The highest BCUT2D eigenvalue weighted by molar-refractivity contribution is 6.35. The van der Waals surface area contributed by atoms with Crippen LogP contribution in [0.5, 0.6) is 17.2 Å². The van der Waals surface area contributed by atoms with E-state index in [-0.39, 0.29) is 17.8 Å². The highest BCUT2D eigenvalue weighted by atomic mass is 35.5. The van der Waals surface area contributed by atoms with Gasteiger partial charge in [0.25, 0.3) is 0 Å². The summed E-state index contributed by atoms with van der Waals surface area (Å²) in [5, 5.41) is 3.98. The highest BCUT2D eigenvalue weighted by Gasteiger charge is 2.30. The molecule has 0 amide bonds. The zero-order valence-corrected chi connectivity index (χ0v) is 58.3. The normalized spacial score (nSPS) is 12.3. The largest absolute Gasteiger partial charge is 0.493 e. The lowest BCUT2D eigenvalue weighted by atomic mass is 9.91. The minimum absolute atomic E-state index is 0.208. The average Bonchev–Trinajstić information content (AvgIpc) is 1.76. The third-order valence-electron chi connectivity index (χ3n) is 15.7. The van der Waals surface area contributed by atoms with Crippen molar-refractivity contribution in [2.24, 2.45) is 0 Å². The van der Waals surface area contributed by atoms with Crippen LogP contribution in [0.2, 0.25) is 46.0 Å². The first-order valence-corrected chi connectivity index (χ1v) is 32.5. The standard InChI is InChI=1S/3C22H20Cl3N5O/c3*1-4-31-19-14(9-15(23)12(3)17(19)13-5-6-16(24)28-10-13)11(2)22-29-20(25)18-21(26)27-7-8-30(18)22/h3*5-11H,4H2,1-3H3,(H2,26,27)/t2*11-;/m10./s1. The molecule has 480 valence electrons. The van der Waals surface area contributed by atoms with Crippen LogP contribution in [0, 0.1) is 20.8 Å². The lowest BCUT2D eigenvalue weighted by Crippen LogP contribution is -2.08. The Labute approximate surface area is 581 Å². The Kier molecular flexibility index (Phi) is 21.2. The molecule has 12 aromatic rings. The summed E-state index contributed by atoms with van der Waals surface area (Å²) in [5.74, 6) is 4.60. The molecule has 9 heterocycles. The predicted molar refractivity (Wildman–Crippen MR) is 377 cm³/mol. The zero-order valence-electron chi connectivity index (χ0n) is 51.5. The van der Waals surface area contributed by atoms with Crippen LogP contribution < -0.4 is 31.4 Å². The Balaban J connectivity index is 0.000000153. The fourth-order valence-electron chi connectivity index (χ4n) is 11.2. The van der Waals surface area contributed by atoms with Crippen molar-refractivity contribution in [3.05, 3.63) is 207 Å². The summed E-state index contributed by atoms with van der Waals surface area (Å²) >= 11 is 57.1. The molecule has 0 fully saturated rings. The van der Waals surface area contributed by atoms with Gasteiger partial charge in [0.05, 0.1) is 19.8 Å². The van der Waals surface area contributed by atoms with Gasteiger partial charge in [0.1, 0.15) is 66.7 Å². The first-order chi connectivity index (χ1) is 44.5.